The second-order valence-corrected chi connectivity index (χ2v) is 6.81. The van der Waals surface area contributed by atoms with Crippen LogP contribution in [0.25, 0.3) is 0 Å². The molecule has 1 heterocycles. The molecule has 2 atom stereocenters. The van der Waals surface area contributed by atoms with Crippen LogP contribution in [0.4, 0.5) is 4.79 Å². The van der Waals surface area contributed by atoms with E-state index in [2.05, 4.69) is 10.3 Å². The Morgan fingerprint density at radius 2 is 1.92 bits per heavy atom. The molecule has 140 valence electrons. The van der Waals surface area contributed by atoms with Gasteiger partial charge in [-0.25, -0.2) is 14.6 Å². The van der Waals surface area contributed by atoms with Gasteiger partial charge in [0.1, 0.15) is 17.5 Å². The first-order valence-corrected chi connectivity index (χ1v) is 8.13. The van der Waals surface area contributed by atoms with Crippen molar-refractivity contribution < 1.29 is 24.5 Å². The molecule has 0 radical (unpaired) electrons. The van der Waals surface area contributed by atoms with Crippen molar-refractivity contribution in [3.05, 3.63) is 54.1 Å². The number of hydrogen-bond donors (Lipinski definition) is 3. The highest BCUT2D eigenvalue weighted by Gasteiger charge is 2.33. The Bertz CT molecular complexity index is 752. The number of alkyl carbamates (subject to hydrolysis) is 1. The van der Waals surface area contributed by atoms with Gasteiger partial charge in [0.15, 0.2) is 6.04 Å². The van der Waals surface area contributed by atoms with E-state index in [4.69, 9.17) is 4.74 Å². The van der Waals surface area contributed by atoms with E-state index in [1.165, 1.54) is 6.20 Å². The first kappa shape index (κ1) is 19.5. The lowest BCUT2D eigenvalue weighted by Crippen LogP contribution is -2.47. The van der Waals surface area contributed by atoms with Gasteiger partial charge in [-0.15, -0.1) is 0 Å². The minimum Gasteiger partial charge on any atom is -0.480 e. The smallest absolute Gasteiger partial charge is 0.408 e. The zero-order valence-electron chi connectivity index (χ0n) is 14.9. The van der Waals surface area contributed by atoms with Crippen molar-refractivity contribution in [3.63, 3.8) is 0 Å². The topological polar surface area (TPSA) is 114 Å². The Kier molecular flexibility index (Phi) is 5.99. The molecule has 0 fully saturated rings. The summed E-state index contributed by atoms with van der Waals surface area (Å²) in [6.45, 7) is 5.38. The number of hydrogen-bond acceptors (Lipinski definition) is 5. The highest BCUT2D eigenvalue weighted by Crippen LogP contribution is 2.18. The number of ether oxygens (including phenoxy) is 1. The summed E-state index contributed by atoms with van der Waals surface area (Å²) >= 11 is 0. The third kappa shape index (κ3) is 5.32. The lowest BCUT2D eigenvalue weighted by Gasteiger charge is -2.24. The van der Waals surface area contributed by atoms with Crippen LogP contribution in [0.15, 0.2) is 42.7 Å². The molecule has 0 bridgehead atoms. The minimum atomic E-state index is -1.60. The lowest BCUT2D eigenvalue weighted by atomic mass is 10.1. The number of nitrogens with one attached hydrogen (secondary N) is 1. The van der Waals surface area contributed by atoms with Gasteiger partial charge in [-0.3, -0.25) is 0 Å². The lowest BCUT2D eigenvalue weighted by molar-refractivity contribution is -0.142. The van der Waals surface area contributed by atoms with E-state index in [1.54, 1.807) is 31.5 Å². The van der Waals surface area contributed by atoms with Crippen LogP contribution in [0.3, 0.4) is 0 Å². The molecule has 0 aliphatic rings. The number of amides is 1. The number of carboxylic acid groups (broad SMARTS) is 1. The molecule has 0 saturated carbocycles. The first-order chi connectivity index (χ1) is 12.2. The summed E-state index contributed by atoms with van der Waals surface area (Å²) in [4.78, 5) is 27.5. The number of nitrogens with zero attached hydrogens (tertiary/aromatic N) is 2. The summed E-state index contributed by atoms with van der Waals surface area (Å²) in [6, 6.07) is 7.87. The Morgan fingerprint density at radius 3 is 2.50 bits per heavy atom. The fourth-order valence-corrected chi connectivity index (χ4v) is 2.36. The monoisotopic (exact) mass is 361 g/mol. The number of imidazole rings is 1. The van der Waals surface area contributed by atoms with E-state index in [0.29, 0.717) is 6.54 Å². The van der Waals surface area contributed by atoms with Crippen molar-refractivity contribution in [2.75, 3.05) is 0 Å². The number of aliphatic carboxylic acids is 1. The second kappa shape index (κ2) is 8.01. The maximum absolute atomic E-state index is 11.9. The summed E-state index contributed by atoms with van der Waals surface area (Å²) in [5, 5.41) is 22.1. The van der Waals surface area contributed by atoms with Crippen LogP contribution in [0.5, 0.6) is 0 Å². The van der Waals surface area contributed by atoms with Gasteiger partial charge in [-0.1, -0.05) is 30.3 Å². The van der Waals surface area contributed by atoms with Gasteiger partial charge in [0.25, 0.3) is 0 Å². The molecule has 0 aliphatic heterocycles. The summed E-state index contributed by atoms with van der Waals surface area (Å²) < 4.78 is 6.69. The molecule has 0 spiro atoms. The van der Waals surface area contributed by atoms with Crippen LogP contribution in [0.2, 0.25) is 0 Å². The number of aliphatic hydroxyl groups excluding tert-OH is 1. The van der Waals surface area contributed by atoms with Crippen LogP contribution in [0.1, 0.15) is 38.3 Å². The van der Waals surface area contributed by atoms with E-state index < -0.39 is 29.8 Å². The Labute approximate surface area is 151 Å². The Hall–Kier alpha value is -2.87. The molecule has 0 aliphatic carbocycles. The van der Waals surface area contributed by atoms with E-state index in [0.717, 1.165) is 5.56 Å². The van der Waals surface area contributed by atoms with Crippen molar-refractivity contribution in [2.24, 2.45) is 0 Å². The van der Waals surface area contributed by atoms with Gasteiger partial charge in [0.05, 0.1) is 0 Å². The van der Waals surface area contributed by atoms with Gasteiger partial charge < -0.3 is 24.8 Å². The molecule has 8 heteroatoms. The minimum absolute atomic E-state index is 0.136. The molecular weight excluding hydrogens is 338 g/mol. The Morgan fingerprint density at radius 1 is 1.27 bits per heavy atom. The first-order valence-electron chi connectivity index (χ1n) is 8.13. The van der Waals surface area contributed by atoms with E-state index in [9.17, 15) is 19.8 Å². The molecule has 0 unspecified atom stereocenters. The zero-order valence-corrected chi connectivity index (χ0v) is 14.9. The van der Waals surface area contributed by atoms with Gasteiger partial charge in [0.2, 0.25) is 0 Å². The van der Waals surface area contributed by atoms with Crippen molar-refractivity contribution in [3.8, 4) is 0 Å². The molecular formula is C18H23N3O5. The van der Waals surface area contributed by atoms with Crippen LogP contribution in [-0.2, 0) is 16.1 Å². The van der Waals surface area contributed by atoms with Gasteiger partial charge in [-0.05, 0) is 26.3 Å². The van der Waals surface area contributed by atoms with Crippen LogP contribution < -0.4 is 5.32 Å². The fourth-order valence-electron chi connectivity index (χ4n) is 2.36. The van der Waals surface area contributed by atoms with E-state index in [-0.39, 0.29) is 5.82 Å². The normalized spacial score (nSPS) is 13.7. The molecule has 1 amide bonds. The maximum Gasteiger partial charge on any atom is 0.408 e. The average Bonchev–Trinajstić information content (AvgIpc) is 2.99. The van der Waals surface area contributed by atoms with E-state index >= 15 is 0 Å². The molecule has 2 rings (SSSR count). The predicted molar refractivity (Wildman–Crippen MR) is 93.5 cm³/mol. The number of rotatable bonds is 6. The molecule has 8 nitrogen and oxygen atoms in total. The number of aliphatic hydroxyl groups is 1. The molecule has 1 aromatic heterocycles. The predicted octanol–water partition coefficient (Wildman–Crippen LogP) is 1.94. The van der Waals surface area contributed by atoms with Crippen molar-refractivity contribution in [1.82, 2.24) is 14.9 Å². The van der Waals surface area contributed by atoms with Crippen molar-refractivity contribution in [2.45, 2.75) is 45.1 Å². The van der Waals surface area contributed by atoms with Crippen molar-refractivity contribution in [1.29, 1.82) is 0 Å². The standard InChI is InChI=1S/C18H23N3O5/c1-18(2,3)26-17(25)20-13(16(23)24)14(22)15-19-9-10-21(15)11-12-7-5-4-6-8-12/h4-10,13-14,22H,11H2,1-3H3,(H,20,25)(H,23,24)/t13-,14+/m1/s1. The van der Waals surface area contributed by atoms with Gasteiger partial charge >= 0.3 is 12.1 Å². The fraction of sp³-hybridized carbons (Fsp3) is 0.389. The molecule has 3 N–H and O–H groups in total. The largest absolute Gasteiger partial charge is 0.480 e. The van der Waals surface area contributed by atoms with Crippen LogP contribution >= 0.6 is 0 Å². The SMILES string of the molecule is CC(C)(C)OC(=O)N[C@@H](C(=O)O)[C@H](O)c1nccn1Cc1ccccc1. The third-order valence-corrected chi connectivity index (χ3v) is 3.46. The summed E-state index contributed by atoms with van der Waals surface area (Å²) in [7, 11) is 0. The zero-order chi connectivity index (χ0) is 19.3. The summed E-state index contributed by atoms with van der Waals surface area (Å²) in [5.41, 5.74) is 0.176. The Balaban J connectivity index is 2.17. The number of carboxylic acids is 1. The van der Waals surface area contributed by atoms with Crippen LogP contribution in [0, 0.1) is 0 Å². The summed E-state index contributed by atoms with van der Waals surface area (Å²) in [5.74, 6) is -1.25. The highest BCUT2D eigenvalue weighted by molar-refractivity contribution is 5.80. The number of benzene rings is 1. The average molecular weight is 361 g/mol. The number of carbonyl (C=O) groups excluding carboxylic acids is 1. The maximum atomic E-state index is 11.9. The number of aromatic nitrogens is 2. The molecule has 0 saturated heterocycles. The molecule has 2 aromatic rings. The quantitative estimate of drug-likeness (QED) is 0.725. The third-order valence-electron chi connectivity index (χ3n) is 3.46. The summed E-state index contributed by atoms with van der Waals surface area (Å²) in [6.07, 6.45) is 0.634. The van der Waals surface area contributed by atoms with E-state index in [1.807, 2.05) is 30.3 Å². The van der Waals surface area contributed by atoms with Gasteiger partial charge in [0, 0.05) is 18.9 Å². The van der Waals surface area contributed by atoms with Gasteiger partial charge in [-0.2, -0.15) is 0 Å². The second-order valence-electron chi connectivity index (χ2n) is 6.81. The van der Waals surface area contributed by atoms with Crippen LogP contribution in [-0.4, -0.2) is 43.5 Å². The highest BCUT2D eigenvalue weighted by atomic mass is 16.6. The molecule has 1 aromatic carbocycles. The molecule has 26 heavy (non-hydrogen) atoms. The van der Waals surface area contributed by atoms with Crippen molar-refractivity contribution >= 4 is 12.1 Å². The number of carbonyl (C=O) groups is 2.